The minimum atomic E-state index is -4.95. The number of ether oxygens (including phenoxy) is 3. The Labute approximate surface area is 203 Å². The molecule has 1 atom stereocenters. The van der Waals surface area contributed by atoms with Crippen LogP contribution in [0.2, 0.25) is 0 Å². The van der Waals surface area contributed by atoms with Crippen molar-refractivity contribution in [2.45, 2.75) is 12.4 Å². The number of halogens is 3. The van der Waals surface area contributed by atoms with Crippen molar-refractivity contribution in [1.82, 2.24) is 0 Å². The molecule has 1 aliphatic rings. The van der Waals surface area contributed by atoms with Gasteiger partial charge in [-0.05, 0) is 42.0 Å². The second-order valence-corrected chi connectivity index (χ2v) is 7.72. The topological polar surface area (TPSA) is 85.3 Å². The van der Waals surface area contributed by atoms with E-state index in [0.717, 1.165) is 17.0 Å². The van der Waals surface area contributed by atoms with Crippen LogP contribution < -0.4 is 19.1 Å². The molecule has 1 fully saturated rings. The van der Waals surface area contributed by atoms with Gasteiger partial charge in [-0.25, -0.2) is 0 Å². The Morgan fingerprint density at radius 2 is 1.47 bits per heavy atom. The van der Waals surface area contributed by atoms with Crippen molar-refractivity contribution in [3.63, 3.8) is 0 Å². The number of aliphatic hydroxyl groups is 1. The minimum Gasteiger partial charge on any atom is -0.507 e. The van der Waals surface area contributed by atoms with E-state index in [0.29, 0.717) is 17.1 Å². The summed E-state index contributed by atoms with van der Waals surface area (Å²) >= 11 is 0. The molecule has 0 bridgehead atoms. The van der Waals surface area contributed by atoms with Gasteiger partial charge in [0.05, 0.1) is 25.8 Å². The van der Waals surface area contributed by atoms with Gasteiger partial charge in [0.1, 0.15) is 23.0 Å². The molecule has 0 spiro atoms. The Kier molecular flexibility index (Phi) is 6.61. The van der Waals surface area contributed by atoms with Crippen LogP contribution in [0.4, 0.5) is 18.9 Å². The summed E-state index contributed by atoms with van der Waals surface area (Å²) in [4.78, 5) is 27.5. The summed E-state index contributed by atoms with van der Waals surface area (Å²) in [7, 11) is 2.87. The molecule has 10 heteroatoms. The second-order valence-electron chi connectivity index (χ2n) is 7.72. The van der Waals surface area contributed by atoms with Crippen LogP contribution in [0.1, 0.15) is 17.2 Å². The molecule has 3 aromatic carbocycles. The van der Waals surface area contributed by atoms with E-state index in [9.17, 15) is 27.9 Å². The molecule has 36 heavy (non-hydrogen) atoms. The van der Waals surface area contributed by atoms with E-state index >= 15 is 0 Å². The number of amides is 1. The maximum atomic E-state index is 13.2. The number of nitrogens with zero attached hydrogens (tertiary/aromatic N) is 1. The van der Waals surface area contributed by atoms with Crippen LogP contribution in [-0.4, -0.2) is 37.4 Å². The van der Waals surface area contributed by atoms with Crippen LogP contribution in [0.25, 0.3) is 5.76 Å². The molecule has 0 aliphatic carbocycles. The summed E-state index contributed by atoms with van der Waals surface area (Å²) in [5, 5.41) is 11.2. The number of hydrogen-bond donors (Lipinski definition) is 1. The summed E-state index contributed by atoms with van der Waals surface area (Å²) in [6, 6.07) is 16.2. The molecule has 7 nitrogen and oxygen atoms in total. The summed E-state index contributed by atoms with van der Waals surface area (Å²) in [6.07, 6.45) is -4.95. The van der Waals surface area contributed by atoms with Gasteiger partial charge >= 0.3 is 6.36 Å². The first-order valence-electron chi connectivity index (χ1n) is 10.6. The van der Waals surface area contributed by atoms with Crippen LogP contribution in [-0.2, 0) is 9.59 Å². The Hall–Kier alpha value is -4.47. The number of ketones is 1. The van der Waals surface area contributed by atoms with Gasteiger partial charge in [0, 0.05) is 17.3 Å². The lowest BCUT2D eigenvalue weighted by molar-refractivity contribution is -0.274. The van der Waals surface area contributed by atoms with E-state index in [1.165, 1.54) is 38.5 Å². The van der Waals surface area contributed by atoms with E-state index in [2.05, 4.69) is 4.74 Å². The van der Waals surface area contributed by atoms with Gasteiger partial charge in [-0.15, -0.1) is 13.2 Å². The lowest BCUT2D eigenvalue weighted by Gasteiger charge is -2.26. The predicted molar refractivity (Wildman–Crippen MR) is 124 cm³/mol. The van der Waals surface area contributed by atoms with Gasteiger partial charge in [-0.2, -0.15) is 0 Å². The van der Waals surface area contributed by atoms with Crippen LogP contribution in [0.3, 0.4) is 0 Å². The first-order chi connectivity index (χ1) is 17.1. The van der Waals surface area contributed by atoms with Gasteiger partial charge in [-0.3, -0.25) is 14.5 Å². The number of carbonyl (C=O) groups excluding carboxylic acids is 2. The predicted octanol–water partition coefficient (Wildman–Crippen LogP) is 5.23. The first-order valence-corrected chi connectivity index (χ1v) is 10.6. The van der Waals surface area contributed by atoms with E-state index < -0.39 is 35.6 Å². The third kappa shape index (κ3) is 4.83. The van der Waals surface area contributed by atoms with Crippen molar-refractivity contribution >= 4 is 23.1 Å². The maximum absolute atomic E-state index is 13.2. The average molecular weight is 499 g/mol. The number of methoxy groups -OCH3 is 2. The van der Waals surface area contributed by atoms with Gasteiger partial charge < -0.3 is 19.3 Å². The molecule has 3 aromatic rings. The Morgan fingerprint density at radius 1 is 0.861 bits per heavy atom. The number of Topliss-reactive ketones (excluding diaryl/α,β-unsaturated/α-hetero) is 1. The molecule has 0 radical (unpaired) electrons. The zero-order valence-corrected chi connectivity index (χ0v) is 19.1. The fourth-order valence-corrected chi connectivity index (χ4v) is 3.98. The maximum Gasteiger partial charge on any atom is 0.573 e. The monoisotopic (exact) mass is 499 g/mol. The molecular formula is C26H20F3NO6. The number of alkyl halides is 3. The van der Waals surface area contributed by atoms with Crippen molar-refractivity contribution in [3.8, 4) is 17.2 Å². The summed E-state index contributed by atoms with van der Waals surface area (Å²) in [6.45, 7) is 0. The molecular weight excluding hydrogens is 479 g/mol. The highest BCUT2D eigenvalue weighted by molar-refractivity contribution is 6.51. The van der Waals surface area contributed by atoms with Crippen LogP contribution in [0.5, 0.6) is 17.2 Å². The molecule has 1 amide bonds. The average Bonchev–Trinajstić information content (AvgIpc) is 3.13. The lowest BCUT2D eigenvalue weighted by Crippen LogP contribution is -2.29. The highest BCUT2D eigenvalue weighted by Crippen LogP contribution is 2.44. The molecule has 0 aromatic heterocycles. The fourth-order valence-electron chi connectivity index (χ4n) is 3.98. The summed E-state index contributed by atoms with van der Waals surface area (Å²) in [5.41, 5.74) is 0.328. The molecule has 4 rings (SSSR count). The molecule has 1 unspecified atom stereocenters. The lowest BCUT2D eigenvalue weighted by atomic mass is 9.95. The second kappa shape index (κ2) is 9.65. The molecule has 1 saturated heterocycles. The van der Waals surface area contributed by atoms with Gasteiger partial charge in [-0.1, -0.05) is 30.3 Å². The number of carbonyl (C=O) groups is 2. The number of benzene rings is 3. The van der Waals surface area contributed by atoms with Crippen molar-refractivity contribution in [1.29, 1.82) is 0 Å². The quantitative estimate of drug-likeness (QED) is 0.284. The van der Waals surface area contributed by atoms with E-state index in [4.69, 9.17) is 9.47 Å². The molecule has 1 heterocycles. The van der Waals surface area contributed by atoms with Crippen molar-refractivity contribution in [3.05, 3.63) is 89.5 Å². The number of rotatable bonds is 6. The molecule has 1 N–H and O–H groups in total. The van der Waals surface area contributed by atoms with E-state index in [-0.39, 0.29) is 16.8 Å². The van der Waals surface area contributed by atoms with E-state index in [1.807, 2.05) is 0 Å². The highest BCUT2D eigenvalue weighted by Gasteiger charge is 2.47. The Balaban J connectivity index is 1.92. The SMILES string of the molecule is COc1cccc(/C(O)=C2\C(=O)C(=O)N(c3cccc(OC(F)(F)F)c3)C2c2cccc(OC)c2)c1. The molecule has 186 valence electrons. The van der Waals surface area contributed by atoms with Crippen LogP contribution in [0.15, 0.2) is 78.4 Å². The number of anilines is 1. The number of aliphatic hydroxyl groups excluding tert-OH is 1. The molecule has 0 saturated carbocycles. The smallest absolute Gasteiger partial charge is 0.507 e. The van der Waals surface area contributed by atoms with Crippen LogP contribution >= 0.6 is 0 Å². The largest absolute Gasteiger partial charge is 0.573 e. The highest BCUT2D eigenvalue weighted by atomic mass is 19.4. The normalized spacial score (nSPS) is 17.2. The Bertz CT molecular complexity index is 1350. The standard InChI is InChI=1S/C26H20F3NO6/c1-34-18-9-3-6-15(12-18)22-21(23(31)16-7-4-10-19(13-16)35-2)24(32)25(33)30(22)17-8-5-11-20(14-17)36-26(27,28)29/h3-14,22,31H,1-2H3/b23-21+. The zero-order chi connectivity index (χ0) is 26.0. The third-order valence-corrected chi connectivity index (χ3v) is 5.53. The van der Waals surface area contributed by atoms with Crippen molar-refractivity contribution < 1.29 is 42.1 Å². The van der Waals surface area contributed by atoms with Crippen LogP contribution in [0, 0.1) is 0 Å². The van der Waals surface area contributed by atoms with Gasteiger partial charge in [0.25, 0.3) is 11.7 Å². The van der Waals surface area contributed by atoms with Gasteiger partial charge in [0.15, 0.2) is 0 Å². The van der Waals surface area contributed by atoms with E-state index in [1.54, 1.807) is 36.4 Å². The zero-order valence-electron chi connectivity index (χ0n) is 19.1. The number of hydrogen-bond acceptors (Lipinski definition) is 6. The van der Waals surface area contributed by atoms with Gasteiger partial charge in [0.2, 0.25) is 0 Å². The molecule has 1 aliphatic heterocycles. The summed E-state index contributed by atoms with van der Waals surface area (Å²) in [5.74, 6) is -2.26. The third-order valence-electron chi connectivity index (χ3n) is 5.53. The first kappa shape index (κ1) is 24.6. The fraction of sp³-hybridized carbons (Fsp3) is 0.154. The minimum absolute atomic E-state index is 0.0311. The van der Waals surface area contributed by atoms with Crippen molar-refractivity contribution in [2.24, 2.45) is 0 Å². The van der Waals surface area contributed by atoms with Crippen molar-refractivity contribution in [2.75, 3.05) is 19.1 Å². The summed E-state index contributed by atoms with van der Waals surface area (Å²) < 4.78 is 52.9. The Morgan fingerprint density at radius 3 is 2.14 bits per heavy atom.